The second-order valence-corrected chi connectivity index (χ2v) is 9.44. The van der Waals surface area contributed by atoms with Gasteiger partial charge in [0, 0.05) is 4.47 Å². The molecule has 1 fully saturated rings. The van der Waals surface area contributed by atoms with E-state index >= 15 is 0 Å². The third kappa shape index (κ3) is 4.32. The Morgan fingerprint density at radius 2 is 1.68 bits per heavy atom. The zero-order chi connectivity index (χ0) is 23.7. The maximum Gasteiger partial charge on any atom is 0.266 e. The summed E-state index contributed by atoms with van der Waals surface area (Å²) in [5.74, 6) is 0.574. The Morgan fingerprint density at radius 3 is 2.44 bits per heavy atom. The summed E-state index contributed by atoms with van der Waals surface area (Å²) in [4.78, 5) is 32.0. The van der Waals surface area contributed by atoms with Gasteiger partial charge in [-0.2, -0.15) is 5.10 Å². The molecule has 1 aliphatic rings. The van der Waals surface area contributed by atoms with E-state index in [2.05, 4.69) is 31.1 Å². The van der Waals surface area contributed by atoms with E-state index < -0.39 is 0 Å². The molecule has 34 heavy (non-hydrogen) atoms. The van der Waals surface area contributed by atoms with E-state index in [0.29, 0.717) is 33.3 Å². The van der Waals surface area contributed by atoms with Gasteiger partial charge in [-0.15, -0.1) is 5.10 Å². The molecule has 1 saturated heterocycles. The summed E-state index contributed by atoms with van der Waals surface area (Å²) < 4.78 is 2.40. The normalized spacial score (nSPS) is 15.2. The molecule has 0 atom stereocenters. The van der Waals surface area contributed by atoms with E-state index in [1.165, 1.54) is 22.5 Å². The van der Waals surface area contributed by atoms with Gasteiger partial charge in [-0.25, -0.2) is 4.98 Å². The number of halogens is 1. The number of nitrogens with zero attached hydrogens (tertiary/aromatic N) is 5. The number of hydrogen-bond acceptors (Lipinski definition) is 6. The molecule has 0 radical (unpaired) electrons. The number of amidine groups is 1. The van der Waals surface area contributed by atoms with Crippen LogP contribution in [0.2, 0.25) is 0 Å². The average Bonchev–Trinajstić information content (AvgIpc) is 3.21. The molecule has 1 aromatic heterocycles. The first kappa shape index (κ1) is 22.2. The second kappa shape index (κ2) is 9.36. The van der Waals surface area contributed by atoms with Gasteiger partial charge in [-0.05, 0) is 55.5 Å². The van der Waals surface area contributed by atoms with Crippen LogP contribution in [0.5, 0.6) is 0 Å². The molecule has 1 aliphatic heterocycles. The second-order valence-electron chi connectivity index (χ2n) is 7.58. The summed E-state index contributed by atoms with van der Waals surface area (Å²) in [6.45, 7) is 1.99. The predicted octanol–water partition coefficient (Wildman–Crippen LogP) is 4.93. The molecular weight excluding hydrogens is 514 g/mol. The van der Waals surface area contributed by atoms with Crippen molar-refractivity contribution in [2.24, 2.45) is 10.2 Å². The Bertz CT molecular complexity index is 1510. The monoisotopic (exact) mass is 531 g/mol. The maximum atomic E-state index is 13.3. The van der Waals surface area contributed by atoms with Crippen molar-refractivity contribution in [2.75, 3.05) is 10.7 Å². The van der Waals surface area contributed by atoms with Crippen molar-refractivity contribution in [2.45, 2.75) is 6.92 Å². The number of fused-ring (bicyclic) bond motifs is 1. The maximum absolute atomic E-state index is 13.3. The Morgan fingerprint density at radius 1 is 0.971 bits per heavy atom. The lowest BCUT2D eigenvalue weighted by atomic mass is 10.2. The molecule has 0 N–H and O–H groups in total. The first-order valence-corrected chi connectivity index (χ1v) is 12.2. The van der Waals surface area contributed by atoms with Crippen LogP contribution in [0.4, 0.5) is 5.69 Å². The highest BCUT2D eigenvalue weighted by Gasteiger charge is 2.29. The van der Waals surface area contributed by atoms with Gasteiger partial charge < -0.3 is 0 Å². The molecule has 0 spiro atoms. The molecule has 2 heterocycles. The SMILES string of the molecule is Cc1ccc(N2C(=O)CS/C2=N\N=C\c2nc3ccccc3c(=O)n2-c2ccc(Br)cc2)cc1. The first-order chi connectivity index (χ1) is 16.5. The number of rotatable bonds is 4. The molecule has 168 valence electrons. The Balaban J connectivity index is 1.57. The molecule has 0 saturated carbocycles. The predicted molar refractivity (Wildman–Crippen MR) is 141 cm³/mol. The molecule has 0 bridgehead atoms. The van der Waals surface area contributed by atoms with Crippen LogP contribution in [-0.2, 0) is 4.79 Å². The Kier molecular flexibility index (Phi) is 6.12. The Labute approximate surface area is 208 Å². The zero-order valence-electron chi connectivity index (χ0n) is 18.1. The lowest BCUT2D eigenvalue weighted by Gasteiger charge is -2.15. The minimum Gasteiger partial charge on any atom is -0.273 e. The summed E-state index contributed by atoms with van der Waals surface area (Å²) >= 11 is 4.75. The van der Waals surface area contributed by atoms with Crippen LogP contribution in [0.25, 0.3) is 16.6 Å². The number of carbonyl (C=O) groups is 1. The fourth-order valence-corrected chi connectivity index (χ4v) is 4.68. The number of aryl methyl sites for hydroxylation is 1. The van der Waals surface area contributed by atoms with Gasteiger partial charge in [0.15, 0.2) is 11.0 Å². The van der Waals surface area contributed by atoms with Crippen molar-refractivity contribution in [1.82, 2.24) is 9.55 Å². The quantitative estimate of drug-likeness (QED) is 0.276. The van der Waals surface area contributed by atoms with E-state index in [0.717, 1.165) is 15.7 Å². The van der Waals surface area contributed by atoms with Crippen LogP contribution in [0.3, 0.4) is 0 Å². The van der Waals surface area contributed by atoms with Gasteiger partial charge in [0.25, 0.3) is 5.56 Å². The third-order valence-corrected chi connectivity index (χ3v) is 6.70. The number of carbonyl (C=O) groups excluding carboxylic acids is 1. The van der Waals surface area contributed by atoms with Crippen molar-refractivity contribution in [1.29, 1.82) is 0 Å². The summed E-state index contributed by atoms with van der Waals surface area (Å²) in [6, 6.07) is 22.2. The average molecular weight is 532 g/mol. The number of amides is 1. The fourth-order valence-electron chi connectivity index (χ4n) is 3.59. The lowest BCUT2D eigenvalue weighted by molar-refractivity contribution is -0.115. The fraction of sp³-hybridized carbons (Fsp3) is 0.0800. The number of aromatic nitrogens is 2. The van der Waals surface area contributed by atoms with E-state index in [1.54, 1.807) is 17.0 Å². The van der Waals surface area contributed by atoms with Gasteiger partial charge in [0.2, 0.25) is 5.91 Å². The molecule has 0 aliphatic carbocycles. The van der Waals surface area contributed by atoms with Crippen LogP contribution in [0, 0.1) is 6.92 Å². The van der Waals surface area contributed by atoms with E-state index in [4.69, 9.17) is 0 Å². The lowest BCUT2D eigenvalue weighted by Crippen LogP contribution is -2.29. The van der Waals surface area contributed by atoms with Crippen LogP contribution < -0.4 is 10.5 Å². The number of hydrogen-bond donors (Lipinski definition) is 0. The minimum absolute atomic E-state index is 0.0570. The van der Waals surface area contributed by atoms with Crippen molar-refractivity contribution in [3.8, 4) is 5.69 Å². The Hall–Kier alpha value is -3.56. The molecule has 7 nitrogen and oxygen atoms in total. The smallest absolute Gasteiger partial charge is 0.266 e. The number of anilines is 1. The van der Waals surface area contributed by atoms with Crippen molar-refractivity contribution in [3.63, 3.8) is 0 Å². The summed E-state index contributed by atoms with van der Waals surface area (Å²) in [7, 11) is 0. The van der Waals surface area contributed by atoms with Crippen LogP contribution in [-0.4, -0.2) is 32.6 Å². The molecule has 4 aromatic rings. The van der Waals surface area contributed by atoms with Gasteiger partial charge in [0.05, 0.1) is 34.2 Å². The van der Waals surface area contributed by atoms with Crippen molar-refractivity contribution in [3.05, 3.63) is 99.0 Å². The molecule has 5 rings (SSSR count). The molecule has 0 unspecified atom stereocenters. The van der Waals surface area contributed by atoms with Crippen LogP contribution in [0.15, 0.2) is 92.3 Å². The van der Waals surface area contributed by atoms with Crippen LogP contribution >= 0.6 is 27.7 Å². The molecule has 3 aromatic carbocycles. The van der Waals surface area contributed by atoms with Crippen molar-refractivity contribution >= 4 is 61.6 Å². The van der Waals surface area contributed by atoms with E-state index in [9.17, 15) is 9.59 Å². The first-order valence-electron chi connectivity index (χ1n) is 10.4. The molecular formula is C25H18BrN5O2S. The standard InChI is InChI=1S/C25H18BrN5O2S/c1-16-6-10-19(11-7-16)31-23(32)15-34-25(31)29-27-14-22-28-21-5-3-2-4-20(21)24(33)30(22)18-12-8-17(26)9-13-18/h2-14H,15H2,1H3/b27-14+,29-25-. The molecule has 9 heteroatoms. The van der Waals surface area contributed by atoms with E-state index in [1.807, 2.05) is 67.6 Å². The molecule has 1 amide bonds. The van der Waals surface area contributed by atoms with Gasteiger partial charge >= 0.3 is 0 Å². The number of thioether (sulfide) groups is 1. The summed E-state index contributed by atoms with van der Waals surface area (Å²) in [6.07, 6.45) is 1.44. The van der Waals surface area contributed by atoms with Gasteiger partial charge in [-0.3, -0.25) is 19.1 Å². The van der Waals surface area contributed by atoms with Gasteiger partial charge in [-0.1, -0.05) is 57.5 Å². The number of para-hydroxylation sites is 1. The zero-order valence-corrected chi connectivity index (χ0v) is 20.5. The highest BCUT2D eigenvalue weighted by atomic mass is 79.9. The summed E-state index contributed by atoms with van der Waals surface area (Å²) in [5.41, 5.74) is 2.88. The summed E-state index contributed by atoms with van der Waals surface area (Å²) in [5, 5.41) is 9.50. The van der Waals surface area contributed by atoms with E-state index in [-0.39, 0.29) is 11.5 Å². The van der Waals surface area contributed by atoms with Crippen molar-refractivity contribution < 1.29 is 4.79 Å². The largest absolute Gasteiger partial charge is 0.273 e. The third-order valence-electron chi connectivity index (χ3n) is 5.26. The minimum atomic E-state index is -0.200. The topological polar surface area (TPSA) is 79.9 Å². The number of benzene rings is 3. The van der Waals surface area contributed by atoms with Crippen LogP contribution in [0.1, 0.15) is 11.4 Å². The highest BCUT2D eigenvalue weighted by Crippen LogP contribution is 2.27. The highest BCUT2D eigenvalue weighted by molar-refractivity contribution is 9.10. The van der Waals surface area contributed by atoms with Gasteiger partial charge in [0.1, 0.15) is 0 Å².